The summed E-state index contributed by atoms with van der Waals surface area (Å²) < 4.78 is 39.7. The molecule has 1 aromatic heterocycles. The van der Waals surface area contributed by atoms with E-state index in [1.165, 1.54) is 4.90 Å². The number of benzene rings is 1. The van der Waals surface area contributed by atoms with Crippen LogP contribution in [-0.4, -0.2) is 66.4 Å². The number of aliphatic imine (C=N–C) groups is 1. The number of para-hydroxylation sites is 2. The molecule has 9 heteroatoms. The summed E-state index contributed by atoms with van der Waals surface area (Å²) in [4.78, 5) is 10.3. The Bertz CT molecular complexity index is 829. The summed E-state index contributed by atoms with van der Waals surface area (Å²) in [5.41, 5.74) is 2.14. The number of hydrogen-bond donors (Lipinski definition) is 2. The lowest BCUT2D eigenvalue weighted by atomic mass is 10.1. The normalized spacial score (nSPS) is 18.5. The number of nitrogens with one attached hydrogen (secondary N) is 2. The molecule has 6 nitrogen and oxygen atoms in total. The van der Waals surface area contributed by atoms with Crippen LogP contribution in [0.15, 0.2) is 29.3 Å². The summed E-state index contributed by atoms with van der Waals surface area (Å²) in [5, 5.41) is 6.53. The minimum absolute atomic E-state index is 0.205. The second-order valence-electron chi connectivity index (χ2n) is 7.54. The zero-order chi connectivity index (χ0) is 20.9. The van der Waals surface area contributed by atoms with Crippen molar-refractivity contribution in [2.75, 3.05) is 39.8 Å². The van der Waals surface area contributed by atoms with Crippen LogP contribution in [0.25, 0.3) is 11.0 Å². The number of aromatic nitrogens is 2. The first kappa shape index (κ1) is 21.4. The van der Waals surface area contributed by atoms with Crippen LogP contribution in [0.5, 0.6) is 0 Å². The minimum atomic E-state index is -4.13. The fourth-order valence-corrected chi connectivity index (χ4v) is 3.86. The monoisotopic (exact) mass is 410 g/mol. The molecule has 1 fully saturated rings. The Morgan fingerprint density at radius 2 is 2.07 bits per heavy atom. The molecule has 29 heavy (non-hydrogen) atoms. The molecule has 0 spiro atoms. The molecule has 1 aliphatic rings. The molecule has 0 radical (unpaired) electrons. The van der Waals surface area contributed by atoms with Gasteiger partial charge in [-0.2, -0.15) is 13.2 Å². The van der Waals surface area contributed by atoms with E-state index in [1.54, 1.807) is 7.05 Å². The van der Waals surface area contributed by atoms with Crippen molar-refractivity contribution in [3.05, 3.63) is 30.1 Å². The molecule has 0 aliphatic carbocycles. The molecule has 2 heterocycles. The largest absolute Gasteiger partial charge is 0.401 e. The number of nitrogens with zero attached hydrogens (tertiary/aromatic N) is 4. The minimum Gasteiger partial charge on any atom is -0.356 e. The summed E-state index contributed by atoms with van der Waals surface area (Å²) in [7, 11) is 1.70. The molecule has 1 aromatic carbocycles. The van der Waals surface area contributed by atoms with Crippen LogP contribution in [0.1, 0.15) is 18.7 Å². The number of imidazole rings is 1. The average molecular weight is 410 g/mol. The molecule has 2 N–H and O–H groups in total. The van der Waals surface area contributed by atoms with Crippen molar-refractivity contribution >= 4 is 17.0 Å². The topological polar surface area (TPSA) is 57.5 Å². The maximum atomic E-state index is 12.5. The first-order valence-corrected chi connectivity index (χ1v) is 10.0. The number of halogens is 3. The van der Waals surface area contributed by atoms with Gasteiger partial charge >= 0.3 is 6.18 Å². The van der Waals surface area contributed by atoms with E-state index in [4.69, 9.17) is 0 Å². The Kier molecular flexibility index (Phi) is 7.00. The predicted octanol–water partition coefficient (Wildman–Crippen LogP) is 2.78. The van der Waals surface area contributed by atoms with Gasteiger partial charge in [-0.3, -0.25) is 9.89 Å². The van der Waals surface area contributed by atoms with E-state index in [2.05, 4.69) is 31.2 Å². The number of likely N-dealkylation sites (tertiary alicyclic amines) is 1. The number of rotatable bonds is 7. The van der Waals surface area contributed by atoms with Crippen LogP contribution in [0.3, 0.4) is 0 Å². The molecule has 0 bridgehead atoms. The summed E-state index contributed by atoms with van der Waals surface area (Å²) in [5.74, 6) is 1.89. The van der Waals surface area contributed by atoms with Crippen LogP contribution in [0.2, 0.25) is 0 Å². The van der Waals surface area contributed by atoms with Gasteiger partial charge in [0.25, 0.3) is 0 Å². The molecule has 1 unspecified atom stereocenters. The number of aryl methyl sites for hydroxylation is 2. The average Bonchev–Trinajstić information content (AvgIpc) is 3.23. The summed E-state index contributed by atoms with van der Waals surface area (Å²) in [6.07, 6.45) is -2.45. The van der Waals surface area contributed by atoms with E-state index in [1.807, 2.05) is 25.1 Å². The zero-order valence-electron chi connectivity index (χ0n) is 17.0. The van der Waals surface area contributed by atoms with E-state index >= 15 is 0 Å². The lowest BCUT2D eigenvalue weighted by molar-refractivity contribution is -0.143. The first-order chi connectivity index (χ1) is 13.9. The zero-order valence-corrected chi connectivity index (χ0v) is 17.0. The molecular formula is C20H29F3N6. The van der Waals surface area contributed by atoms with Crippen molar-refractivity contribution in [3.8, 4) is 0 Å². The fraction of sp³-hybridized carbons (Fsp3) is 0.600. The quantitative estimate of drug-likeness (QED) is 0.419. The SMILES string of the molecule is CN=C(NCCCn1c(C)nc2ccccc21)NCC1CCN(CC(F)(F)F)C1. The third-order valence-electron chi connectivity index (χ3n) is 5.25. The van der Waals surface area contributed by atoms with Gasteiger partial charge < -0.3 is 15.2 Å². The van der Waals surface area contributed by atoms with Crippen LogP contribution in [0.4, 0.5) is 13.2 Å². The Morgan fingerprint density at radius 3 is 2.83 bits per heavy atom. The highest BCUT2D eigenvalue weighted by molar-refractivity contribution is 5.79. The standard InChI is InChI=1S/C20H29F3N6/c1-15-27-17-6-3-4-7-18(17)29(15)10-5-9-25-19(24-2)26-12-16-8-11-28(13-16)14-20(21,22)23/h3-4,6-7,16H,5,8-14H2,1-2H3,(H2,24,25,26). The Morgan fingerprint density at radius 1 is 1.28 bits per heavy atom. The highest BCUT2D eigenvalue weighted by Gasteiger charge is 2.34. The Balaban J connectivity index is 1.38. The third-order valence-corrected chi connectivity index (χ3v) is 5.25. The maximum absolute atomic E-state index is 12.5. The fourth-order valence-electron chi connectivity index (χ4n) is 3.86. The number of guanidine groups is 1. The van der Waals surface area contributed by atoms with Crippen molar-refractivity contribution in [1.82, 2.24) is 25.1 Å². The van der Waals surface area contributed by atoms with Crippen LogP contribution in [0, 0.1) is 12.8 Å². The molecule has 1 saturated heterocycles. The van der Waals surface area contributed by atoms with Crippen LogP contribution < -0.4 is 10.6 Å². The van der Waals surface area contributed by atoms with Gasteiger partial charge in [-0.1, -0.05) is 12.1 Å². The molecule has 160 valence electrons. The highest BCUT2D eigenvalue weighted by atomic mass is 19.4. The summed E-state index contributed by atoms with van der Waals surface area (Å²) in [6, 6.07) is 8.10. The molecule has 3 rings (SSSR count). The van der Waals surface area contributed by atoms with E-state index < -0.39 is 12.7 Å². The lowest BCUT2D eigenvalue weighted by Gasteiger charge is -2.18. The Hall–Kier alpha value is -2.29. The van der Waals surface area contributed by atoms with Crippen molar-refractivity contribution < 1.29 is 13.2 Å². The van der Waals surface area contributed by atoms with E-state index in [0.717, 1.165) is 42.8 Å². The summed E-state index contributed by atoms with van der Waals surface area (Å²) >= 11 is 0. The third kappa shape index (κ3) is 6.09. The Labute approximate surface area is 169 Å². The number of hydrogen-bond acceptors (Lipinski definition) is 3. The van der Waals surface area contributed by atoms with Gasteiger partial charge in [0.2, 0.25) is 0 Å². The van der Waals surface area contributed by atoms with Crippen molar-refractivity contribution in [3.63, 3.8) is 0 Å². The van der Waals surface area contributed by atoms with Gasteiger partial charge in [-0.25, -0.2) is 4.98 Å². The first-order valence-electron chi connectivity index (χ1n) is 10.0. The lowest BCUT2D eigenvalue weighted by Crippen LogP contribution is -2.41. The molecule has 2 aromatic rings. The maximum Gasteiger partial charge on any atom is 0.401 e. The summed E-state index contributed by atoms with van der Waals surface area (Å²) in [6.45, 7) is 4.38. The van der Waals surface area contributed by atoms with Crippen molar-refractivity contribution in [2.45, 2.75) is 32.5 Å². The van der Waals surface area contributed by atoms with Crippen molar-refractivity contribution in [2.24, 2.45) is 10.9 Å². The molecule has 1 atom stereocenters. The molecule has 0 saturated carbocycles. The smallest absolute Gasteiger partial charge is 0.356 e. The van der Waals surface area contributed by atoms with Gasteiger partial charge in [-0.05, 0) is 44.4 Å². The van der Waals surface area contributed by atoms with E-state index in [-0.39, 0.29) is 5.92 Å². The van der Waals surface area contributed by atoms with Gasteiger partial charge in [-0.15, -0.1) is 0 Å². The molecule has 1 aliphatic heterocycles. The van der Waals surface area contributed by atoms with E-state index in [0.29, 0.717) is 25.6 Å². The van der Waals surface area contributed by atoms with E-state index in [9.17, 15) is 13.2 Å². The van der Waals surface area contributed by atoms with Crippen LogP contribution >= 0.6 is 0 Å². The second-order valence-corrected chi connectivity index (χ2v) is 7.54. The van der Waals surface area contributed by atoms with Gasteiger partial charge in [0.05, 0.1) is 17.6 Å². The van der Waals surface area contributed by atoms with Crippen molar-refractivity contribution in [1.29, 1.82) is 0 Å². The van der Waals surface area contributed by atoms with Gasteiger partial charge in [0.15, 0.2) is 5.96 Å². The number of fused-ring (bicyclic) bond motifs is 1. The molecule has 0 amide bonds. The van der Waals surface area contributed by atoms with Gasteiger partial charge in [0, 0.05) is 33.2 Å². The van der Waals surface area contributed by atoms with Crippen LogP contribution in [-0.2, 0) is 6.54 Å². The number of alkyl halides is 3. The molecular weight excluding hydrogens is 381 g/mol. The predicted molar refractivity (Wildman–Crippen MR) is 109 cm³/mol. The van der Waals surface area contributed by atoms with Gasteiger partial charge in [0.1, 0.15) is 5.82 Å². The second kappa shape index (κ2) is 9.47. The highest BCUT2D eigenvalue weighted by Crippen LogP contribution is 2.22.